The third-order valence-corrected chi connectivity index (χ3v) is 3.50. The number of hydrogen-bond donors (Lipinski definition) is 0. The highest BCUT2D eigenvalue weighted by Gasteiger charge is 2.19. The Balaban J connectivity index is -0.000000720. The van der Waals surface area contributed by atoms with Gasteiger partial charge in [0.2, 0.25) is 0 Å². The predicted octanol–water partition coefficient (Wildman–Crippen LogP) is -0.377. The van der Waals surface area contributed by atoms with Gasteiger partial charge in [0.05, 0.1) is 26.2 Å². The third kappa shape index (κ3) is 8.06. The number of unbranched alkanes of at least 4 members (excludes halogenated alkanes) is 3. The average molecular weight is 240 g/mol. The highest BCUT2D eigenvalue weighted by Crippen LogP contribution is 2.10. The number of quaternary nitrogens is 1. The minimum Gasteiger partial charge on any atom is -1.00 e. The quantitative estimate of drug-likeness (QED) is 0.409. The van der Waals surface area contributed by atoms with E-state index in [1.807, 2.05) is 0 Å². The molecule has 0 unspecified atom stereocenters. The topological polar surface area (TPSA) is 31.5 Å². The lowest BCUT2D eigenvalue weighted by atomic mass is 10.2. The molecule has 0 amide bonds. The van der Waals surface area contributed by atoms with Crippen LogP contribution in [-0.2, 0) is 0 Å². The Morgan fingerprint density at radius 3 is 1.53 bits per heavy atom. The summed E-state index contributed by atoms with van der Waals surface area (Å²) in [5, 5.41) is 0. The molecular formula is C12H30ClNO. The van der Waals surface area contributed by atoms with Gasteiger partial charge in [-0.15, -0.1) is 0 Å². The van der Waals surface area contributed by atoms with Gasteiger partial charge in [0.1, 0.15) is 0 Å². The number of halogens is 1. The summed E-state index contributed by atoms with van der Waals surface area (Å²) in [7, 11) is 0. The van der Waals surface area contributed by atoms with Gasteiger partial charge in [-0.05, 0) is 33.6 Å². The fourth-order valence-corrected chi connectivity index (χ4v) is 2.02. The van der Waals surface area contributed by atoms with Crippen molar-refractivity contribution in [3.8, 4) is 0 Å². The molecule has 3 heteroatoms. The van der Waals surface area contributed by atoms with Crippen LogP contribution in [0.2, 0.25) is 0 Å². The van der Waals surface area contributed by atoms with Crippen molar-refractivity contribution in [1.29, 1.82) is 0 Å². The van der Waals surface area contributed by atoms with Crippen molar-refractivity contribution in [2.75, 3.05) is 26.2 Å². The second-order valence-corrected chi connectivity index (χ2v) is 4.07. The van der Waals surface area contributed by atoms with E-state index >= 15 is 0 Å². The van der Waals surface area contributed by atoms with Crippen LogP contribution in [-0.4, -0.2) is 36.1 Å². The standard InChI is InChI=1S/C12H28N.ClH.H2O/c1-5-9-10-11-12-13(6-2,7-3)8-4;;/h5-12H2,1-4H3;1H;1H2/q+1;;/p-1. The van der Waals surface area contributed by atoms with Crippen molar-refractivity contribution >= 4 is 0 Å². The van der Waals surface area contributed by atoms with Gasteiger partial charge in [0.15, 0.2) is 0 Å². The second-order valence-electron chi connectivity index (χ2n) is 4.07. The first-order chi connectivity index (χ1) is 6.24. The third-order valence-electron chi connectivity index (χ3n) is 3.50. The zero-order valence-corrected chi connectivity index (χ0v) is 11.7. The van der Waals surface area contributed by atoms with Gasteiger partial charge in [-0.3, -0.25) is 0 Å². The van der Waals surface area contributed by atoms with E-state index in [0.29, 0.717) is 0 Å². The fraction of sp³-hybridized carbons (Fsp3) is 1.00. The highest BCUT2D eigenvalue weighted by molar-refractivity contribution is 4.43. The largest absolute Gasteiger partial charge is 1.00 e. The van der Waals surface area contributed by atoms with Crippen LogP contribution in [0.1, 0.15) is 53.4 Å². The van der Waals surface area contributed by atoms with Gasteiger partial charge >= 0.3 is 0 Å². The maximum Gasteiger partial charge on any atom is 0.0786 e. The molecule has 96 valence electrons. The van der Waals surface area contributed by atoms with Gasteiger partial charge in [-0.1, -0.05) is 19.8 Å². The lowest BCUT2D eigenvalue weighted by molar-refractivity contribution is -0.923. The molecule has 0 aromatic carbocycles. The van der Waals surface area contributed by atoms with E-state index in [2.05, 4.69) is 27.7 Å². The number of rotatable bonds is 8. The van der Waals surface area contributed by atoms with Gasteiger partial charge in [-0.2, -0.15) is 0 Å². The summed E-state index contributed by atoms with van der Waals surface area (Å²) in [5.41, 5.74) is 0. The molecule has 15 heavy (non-hydrogen) atoms. The summed E-state index contributed by atoms with van der Waals surface area (Å²) in [6, 6.07) is 0. The zero-order chi connectivity index (χ0) is 10.2. The molecule has 0 bridgehead atoms. The molecule has 0 fully saturated rings. The molecule has 0 spiro atoms. The van der Waals surface area contributed by atoms with Crippen LogP contribution in [0.4, 0.5) is 0 Å². The second kappa shape index (κ2) is 12.3. The molecule has 2 nitrogen and oxygen atoms in total. The fourth-order valence-electron chi connectivity index (χ4n) is 2.02. The van der Waals surface area contributed by atoms with Gasteiger partial charge in [0, 0.05) is 0 Å². The van der Waals surface area contributed by atoms with Crippen molar-refractivity contribution in [3.05, 3.63) is 0 Å². The molecular weight excluding hydrogens is 210 g/mol. The van der Waals surface area contributed by atoms with Gasteiger partial charge in [-0.25, -0.2) is 0 Å². The molecule has 0 heterocycles. The summed E-state index contributed by atoms with van der Waals surface area (Å²) in [6.07, 6.45) is 5.61. The smallest absolute Gasteiger partial charge is 0.0786 e. The Morgan fingerprint density at radius 1 is 0.733 bits per heavy atom. The average Bonchev–Trinajstić information content (AvgIpc) is 2.20. The monoisotopic (exact) mass is 239 g/mol. The molecule has 0 atom stereocenters. The first kappa shape index (κ1) is 20.6. The van der Waals surface area contributed by atoms with E-state index in [4.69, 9.17) is 0 Å². The minimum absolute atomic E-state index is 0. The van der Waals surface area contributed by atoms with Crippen LogP contribution >= 0.6 is 0 Å². The molecule has 0 aliphatic rings. The predicted molar refractivity (Wildman–Crippen MR) is 64.5 cm³/mol. The molecule has 0 saturated carbocycles. The number of hydrogen-bond acceptors (Lipinski definition) is 0. The summed E-state index contributed by atoms with van der Waals surface area (Å²) >= 11 is 0. The van der Waals surface area contributed by atoms with Crippen molar-refractivity contribution < 1.29 is 22.4 Å². The molecule has 0 aliphatic carbocycles. The van der Waals surface area contributed by atoms with Crippen LogP contribution in [0.15, 0.2) is 0 Å². The van der Waals surface area contributed by atoms with E-state index in [0.717, 1.165) is 0 Å². The Kier molecular flexibility index (Phi) is 16.9. The summed E-state index contributed by atoms with van der Waals surface area (Å²) in [6.45, 7) is 14.6. The summed E-state index contributed by atoms with van der Waals surface area (Å²) < 4.78 is 1.32. The molecule has 0 aromatic rings. The van der Waals surface area contributed by atoms with E-state index in [9.17, 15) is 0 Å². The lowest BCUT2D eigenvalue weighted by Crippen LogP contribution is -3.00. The Morgan fingerprint density at radius 2 is 1.20 bits per heavy atom. The molecule has 0 radical (unpaired) electrons. The minimum atomic E-state index is 0. The Bertz CT molecular complexity index is 108. The maximum atomic E-state index is 2.33. The molecule has 0 aromatic heterocycles. The van der Waals surface area contributed by atoms with Crippen molar-refractivity contribution in [1.82, 2.24) is 0 Å². The first-order valence-electron chi connectivity index (χ1n) is 6.09. The van der Waals surface area contributed by atoms with Crippen LogP contribution in [0.3, 0.4) is 0 Å². The van der Waals surface area contributed by atoms with Crippen LogP contribution < -0.4 is 12.4 Å². The van der Waals surface area contributed by atoms with Crippen LogP contribution in [0, 0.1) is 0 Å². The molecule has 0 aliphatic heterocycles. The summed E-state index contributed by atoms with van der Waals surface area (Å²) in [5.74, 6) is 0. The summed E-state index contributed by atoms with van der Waals surface area (Å²) in [4.78, 5) is 0. The van der Waals surface area contributed by atoms with E-state index in [-0.39, 0.29) is 17.9 Å². The SMILES string of the molecule is CCCCCC[N+](CC)(CC)CC.O.[Cl-]. The van der Waals surface area contributed by atoms with E-state index in [1.54, 1.807) is 0 Å². The molecule has 0 saturated heterocycles. The van der Waals surface area contributed by atoms with Crippen molar-refractivity contribution in [3.63, 3.8) is 0 Å². The number of nitrogens with zero attached hydrogens (tertiary/aromatic N) is 1. The van der Waals surface area contributed by atoms with Gasteiger partial charge < -0.3 is 22.4 Å². The van der Waals surface area contributed by atoms with E-state index < -0.39 is 0 Å². The Hall–Kier alpha value is 0.210. The van der Waals surface area contributed by atoms with E-state index in [1.165, 1.54) is 56.3 Å². The normalized spacial score (nSPS) is 10.4. The maximum absolute atomic E-state index is 2.33. The van der Waals surface area contributed by atoms with Gasteiger partial charge in [0.25, 0.3) is 0 Å². The lowest BCUT2D eigenvalue weighted by Gasteiger charge is -2.35. The van der Waals surface area contributed by atoms with Crippen LogP contribution in [0.25, 0.3) is 0 Å². The first-order valence-corrected chi connectivity index (χ1v) is 6.09. The molecule has 0 rings (SSSR count). The van der Waals surface area contributed by atoms with Crippen molar-refractivity contribution in [2.24, 2.45) is 0 Å². The highest BCUT2D eigenvalue weighted by atomic mass is 35.5. The van der Waals surface area contributed by atoms with Crippen molar-refractivity contribution in [2.45, 2.75) is 53.4 Å². The molecule has 2 N–H and O–H groups in total. The zero-order valence-electron chi connectivity index (χ0n) is 11.0. The van der Waals surface area contributed by atoms with Crippen LogP contribution in [0.5, 0.6) is 0 Å². The Labute approximate surface area is 102 Å².